The molecule has 2 amide bonds. The summed E-state index contributed by atoms with van der Waals surface area (Å²) in [5, 5.41) is 3.14. The summed E-state index contributed by atoms with van der Waals surface area (Å²) in [6, 6.07) is 16.1. The molecule has 6 heteroatoms. The van der Waals surface area contributed by atoms with E-state index in [-0.39, 0.29) is 30.1 Å². The monoisotopic (exact) mass is 434 g/mol. The fourth-order valence-corrected chi connectivity index (χ4v) is 4.18. The first-order chi connectivity index (χ1) is 15.5. The maximum Gasteiger partial charge on any atom is 0.290 e. The lowest BCUT2D eigenvalue weighted by atomic mass is 10.0. The highest BCUT2D eigenvalue weighted by Gasteiger charge is 2.34. The van der Waals surface area contributed by atoms with Crippen LogP contribution in [0.5, 0.6) is 0 Å². The number of furan rings is 1. The Labute approximate surface area is 187 Å². The molecule has 0 aliphatic heterocycles. The van der Waals surface area contributed by atoms with E-state index in [0.29, 0.717) is 5.56 Å². The number of carbonyl (C=O) groups is 2. The topological polar surface area (TPSA) is 62.6 Å². The molecule has 1 N–H and O–H groups in total. The standard InChI is InChI=1S/C26H27FN2O3/c1-18-8-12-20(13-9-18)24(25(30)28-22-5-2-3-6-22)29(26(31)23-7-4-16-32-23)17-19-10-14-21(27)15-11-19/h4,7-16,22,24H,2-3,5-6,17H2,1H3,(H,28,30). The molecule has 166 valence electrons. The Balaban J connectivity index is 1.73. The second-order valence-corrected chi connectivity index (χ2v) is 8.34. The third kappa shape index (κ3) is 5.07. The highest BCUT2D eigenvalue weighted by Crippen LogP contribution is 2.28. The molecule has 1 aliphatic carbocycles. The van der Waals surface area contributed by atoms with Gasteiger partial charge in [-0.15, -0.1) is 0 Å². The minimum absolute atomic E-state index is 0.113. The van der Waals surface area contributed by atoms with Crippen molar-refractivity contribution in [2.45, 2.75) is 51.2 Å². The van der Waals surface area contributed by atoms with Crippen molar-refractivity contribution in [3.05, 3.63) is 95.2 Å². The lowest BCUT2D eigenvalue weighted by Crippen LogP contribution is -2.45. The van der Waals surface area contributed by atoms with Crippen LogP contribution in [0, 0.1) is 12.7 Å². The van der Waals surface area contributed by atoms with Crippen LogP contribution in [0.15, 0.2) is 71.3 Å². The third-order valence-corrected chi connectivity index (χ3v) is 5.91. The van der Waals surface area contributed by atoms with Gasteiger partial charge in [-0.2, -0.15) is 0 Å². The van der Waals surface area contributed by atoms with Crippen molar-refractivity contribution >= 4 is 11.8 Å². The summed E-state index contributed by atoms with van der Waals surface area (Å²) in [4.78, 5) is 28.5. The second kappa shape index (κ2) is 9.81. The largest absolute Gasteiger partial charge is 0.459 e. The predicted molar refractivity (Wildman–Crippen MR) is 119 cm³/mol. The molecular weight excluding hydrogens is 407 g/mol. The zero-order chi connectivity index (χ0) is 22.5. The van der Waals surface area contributed by atoms with E-state index in [1.54, 1.807) is 24.3 Å². The molecule has 32 heavy (non-hydrogen) atoms. The maximum absolute atomic E-state index is 13.5. The Morgan fingerprint density at radius 3 is 2.38 bits per heavy atom. The number of nitrogens with zero attached hydrogens (tertiary/aromatic N) is 1. The van der Waals surface area contributed by atoms with Crippen LogP contribution in [-0.2, 0) is 11.3 Å². The van der Waals surface area contributed by atoms with Gasteiger partial charge in [-0.3, -0.25) is 9.59 Å². The number of halogens is 1. The Bertz CT molecular complexity index is 1040. The molecule has 1 aromatic heterocycles. The van der Waals surface area contributed by atoms with Gasteiger partial charge >= 0.3 is 0 Å². The van der Waals surface area contributed by atoms with Gasteiger partial charge in [0.25, 0.3) is 5.91 Å². The summed E-state index contributed by atoms with van der Waals surface area (Å²) < 4.78 is 18.8. The van der Waals surface area contributed by atoms with Crippen LogP contribution in [0.4, 0.5) is 4.39 Å². The van der Waals surface area contributed by atoms with Gasteiger partial charge in [0.2, 0.25) is 5.91 Å². The van der Waals surface area contributed by atoms with Gasteiger partial charge in [0.05, 0.1) is 6.26 Å². The Morgan fingerprint density at radius 1 is 1.06 bits per heavy atom. The van der Waals surface area contributed by atoms with Crippen molar-refractivity contribution in [3.8, 4) is 0 Å². The minimum atomic E-state index is -0.848. The molecule has 1 fully saturated rings. The van der Waals surface area contributed by atoms with Crippen LogP contribution < -0.4 is 5.32 Å². The fraction of sp³-hybridized carbons (Fsp3) is 0.308. The van der Waals surface area contributed by atoms with Crippen molar-refractivity contribution in [2.24, 2.45) is 0 Å². The zero-order valence-electron chi connectivity index (χ0n) is 18.1. The summed E-state index contributed by atoms with van der Waals surface area (Å²) in [5.41, 5.74) is 2.50. The maximum atomic E-state index is 13.5. The number of benzene rings is 2. The molecule has 1 saturated carbocycles. The van der Waals surface area contributed by atoms with Crippen LogP contribution in [0.2, 0.25) is 0 Å². The van der Waals surface area contributed by atoms with Gasteiger partial charge in [0.1, 0.15) is 11.9 Å². The number of hydrogen-bond donors (Lipinski definition) is 1. The molecular formula is C26H27FN2O3. The molecule has 0 radical (unpaired) electrons. The molecule has 1 aliphatic rings. The van der Waals surface area contributed by atoms with Crippen molar-refractivity contribution < 1.29 is 18.4 Å². The van der Waals surface area contributed by atoms with E-state index in [2.05, 4.69) is 5.32 Å². The fourth-order valence-electron chi connectivity index (χ4n) is 4.18. The van der Waals surface area contributed by atoms with Gasteiger partial charge in [0, 0.05) is 12.6 Å². The average molecular weight is 435 g/mol. The van der Waals surface area contributed by atoms with E-state index >= 15 is 0 Å². The first-order valence-electron chi connectivity index (χ1n) is 11.0. The molecule has 3 aromatic rings. The minimum Gasteiger partial charge on any atom is -0.459 e. The molecule has 1 atom stereocenters. The molecule has 0 spiro atoms. The van der Waals surface area contributed by atoms with Gasteiger partial charge in [-0.1, -0.05) is 54.8 Å². The summed E-state index contributed by atoms with van der Waals surface area (Å²) in [6.07, 6.45) is 5.49. The molecule has 1 unspecified atom stereocenters. The Morgan fingerprint density at radius 2 is 1.75 bits per heavy atom. The molecule has 0 saturated heterocycles. The summed E-state index contributed by atoms with van der Waals surface area (Å²) in [6.45, 7) is 2.11. The van der Waals surface area contributed by atoms with Crippen LogP contribution in [0.1, 0.15) is 59.0 Å². The Kier molecular flexibility index (Phi) is 6.69. The average Bonchev–Trinajstić information content (AvgIpc) is 3.50. The number of amides is 2. The van der Waals surface area contributed by atoms with E-state index in [1.807, 2.05) is 31.2 Å². The number of carbonyl (C=O) groups excluding carboxylic acids is 2. The summed E-state index contributed by atoms with van der Waals surface area (Å²) in [5.74, 6) is -0.821. The van der Waals surface area contributed by atoms with Gasteiger partial charge in [-0.05, 0) is 55.2 Å². The van der Waals surface area contributed by atoms with Crippen molar-refractivity contribution in [3.63, 3.8) is 0 Å². The van der Waals surface area contributed by atoms with E-state index in [9.17, 15) is 14.0 Å². The van der Waals surface area contributed by atoms with E-state index in [1.165, 1.54) is 23.3 Å². The first kappa shape index (κ1) is 21.8. The number of nitrogens with one attached hydrogen (secondary N) is 1. The molecule has 1 heterocycles. The van der Waals surface area contributed by atoms with Crippen LogP contribution in [0.3, 0.4) is 0 Å². The SMILES string of the molecule is Cc1ccc(C(C(=O)NC2CCCC2)N(Cc2ccc(F)cc2)C(=O)c2ccco2)cc1. The first-order valence-corrected chi connectivity index (χ1v) is 11.0. The highest BCUT2D eigenvalue weighted by molar-refractivity contribution is 5.96. The number of aryl methyl sites for hydroxylation is 1. The highest BCUT2D eigenvalue weighted by atomic mass is 19.1. The van der Waals surface area contributed by atoms with E-state index < -0.39 is 11.9 Å². The van der Waals surface area contributed by atoms with Crippen molar-refractivity contribution in [1.29, 1.82) is 0 Å². The third-order valence-electron chi connectivity index (χ3n) is 5.91. The molecule has 0 bridgehead atoms. The van der Waals surface area contributed by atoms with Gasteiger partial charge < -0.3 is 14.6 Å². The lowest BCUT2D eigenvalue weighted by Gasteiger charge is -2.32. The second-order valence-electron chi connectivity index (χ2n) is 8.34. The Hall–Kier alpha value is -3.41. The summed E-state index contributed by atoms with van der Waals surface area (Å²) >= 11 is 0. The van der Waals surface area contributed by atoms with Crippen LogP contribution in [-0.4, -0.2) is 22.8 Å². The molecule has 5 nitrogen and oxygen atoms in total. The van der Waals surface area contributed by atoms with Gasteiger partial charge in [-0.25, -0.2) is 4.39 Å². The normalized spacial score (nSPS) is 14.8. The molecule has 2 aromatic carbocycles. The summed E-state index contributed by atoms with van der Waals surface area (Å²) in [7, 11) is 0. The van der Waals surface area contributed by atoms with Crippen molar-refractivity contribution in [1.82, 2.24) is 10.2 Å². The van der Waals surface area contributed by atoms with E-state index in [0.717, 1.165) is 36.8 Å². The van der Waals surface area contributed by atoms with E-state index in [4.69, 9.17) is 4.42 Å². The quantitative estimate of drug-likeness (QED) is 0.558. The lowest BCUT2D eigenvalue weighted by molar-refractivity contribution is -0.126. The number of hydrogen-bond acceptors (Lipinski definition) is 3. The van der Waals surface area contributed by atoms with Crippen LogP contribution in [0.25, 0.3) is 0 Å². The smallest absolute Gasteiger partial charge is 0.290 e. The van der Waals surface area contributed by atoms with Crippen molar-refractivity contribution in [2.75, 3.05) is 0 Å². The number of rotatable bonds is 7. The predicted octanol–water partition coefficient (Wildman–Crippen LogP) is 5.17. The molecule has 4 rings (SSSR count). The van der Waals surface area contributed by atoms with Gasteiger partial charge in [0.15, 0.2) is 5.76 Å². The van der Waals surface area contributed by atoms with Crippen LogP contribution >= 0.6 is 0 Å². The zero-order valence-corrected chi connectivity index (χ0v) is 18.1.